The molecular formula is C14H7BrCl4N2. The van der Waals surface area contributed by atoms with E-state index in [4.69, 9.17) is 46.4 Å². The minimum atomic E-state index is 0.246. The lowest BCUT2D eigenvalue weighted by molar-refractivity contribution is 0.982. The number of rotatable bonds is 2. The lowest BCUT2D eigenvalue weighted by atomic mass is 10.2. The first-order valence-corrected chi connectivity index (χ1v) is 8.35. The fourth-order valence-corrected chi connectivity index (χ4v) is 3.40. The van der Waals surface area contributed by atoms with Crippen LogP contribution in [0.25, 0.3) is 16.7 Å². The fourth-order valence-electron chi connectivity index (χ4n) is 2.14. The van der Waals surface area contributed by atoms with Crippen molar-refractivity contribution in [1.29, 1.82) is 0 Å². The Kier molecular flexibility index (Phi) is 4.40. The van der Waals surface area contributed by atoms with Crippen molar-refractivity contribution in [3.63, 3.8) is 0 Å². The number of imidazole rings is 1. The Hall–Kier alpha value is -0.450. The maximum Gasteiger partial charge on any atom is 0.129 e. The van der Waals surface area contributed by atoms with Crippen LogP contribution in [-0.2, 0) is 5.88 Å². The van der Waals surface area contributed by atoms with Gasteiger partial charge in [0.05, 0.1) is 37.7 Å². The summed E-state index contributed by atoms with van der Waals surface area (Å²) in [6.45, 7) is 0. The van der Waals surface area contributed by atoms with E-state index in [-0.39, 0.29) is 5.88 Å². The predicted octanol–water partition coefficient (Wildman–Crippen LogP) is 6.49. The van der Waals surface area contributed by atoms with Crippen molar-refractivity contribution in [1.82, 2.24) is 9.55 Å². The van der Waals surface area contributed by atoms with E-state index in [0.717, 1.165) is 21.2 Å². The Labute approximate surface area is 149 Å². The van der Waals surface area contributed by atoms with E-state index in [9.17, 15) is 0 Å². The molecule has 3 aromatic rings. The summed E-state index contributed by atoms with van der Waals surface area (Å²) in [4.78, 5) is 4.49. The van der Waals surface area contributed by atoms with Crippen molar-refractivity contribution in [2.45, 2.75) is 5.88 Å². The molecule has 0 atom stereocenters. The highest BCUT2D eigenvalue weighted by Gasteiger charge is 2.16. The molecule has 0 bridgehead atoms. The molecule has 3 rings (SSSR count). The molecule has 7 heteroatoms. The Bertz CT molecular complexity index is 845. The second-order valence-corrected chi connectivity index (χ2v) is 6.75. The number of alkyl halides is 1. The molecule has 1 heterocycles. The van der Waals surface area contributed by atoms with Crippen LogP contribution in [0, 0.1) is 0 Å². The molecule has 108 valence electrons. The molecule has 0 aliphatic heterocycles. The maximum atomic E-state index is 6.34. The zero-order chi connectivity index (χ0) is 15.1. The van der Waals surface area contributed by atoms with Crippen LogP contribution in [0.3, 0.4) is 0 Å². The molecular weight excluding hydrogens is 418 g/mol. The zero-order valence-electron chi connectivity index (χ0n) is 10.4. The van der Waals surface area contributed by atoms with Crippen LogP contribution < -0.4 is 0 Å². The number of nitrogens with zero attached hydrogens (tertiary/aromatic N) is 2. The molecule has 2 aromatic carbocycles. The lowest BCUT2D eigenvalue weighted by Gasteiger charge is -2.10. The normalized spacial score (nSPS) is 11.3. The van der Waals surface area contributed by atoms with Gasteiger partial charge in [-0.2, -0.15) is 0 Å². The molecule has 0 radical (unpaired) electrons. The molecule has 0 saturated carbocycles. The lowest BCUT2D eigenvalue weighted by Crippen LogP contribution is -2.00. The standard InChI is InChI=1S/C14H7BrCl4N2/c15-7-1-2-12(10(19)3-7)21-13-5-9(18)8(17)4-11(13)20-14(21)6-16/h1-5H,6H2. The van der Waals surface area contributed by atoms with Gasteiger partial charge in [0.1, 0.15) is 5.82 Å². The Morgan fingerprint density at radius 3 is 2.38 bits per heavy atom. The summed E-state index contributed by atoms with van der Waals surface area (Å²) in [6, 6.07) is 9.10. The van der Waals surface area contributed by atoms with Crippen molar-refractivity contribution in [3.05, 3.63) is 55.7 Å². The topological polar surface area (TPSA) is 17.8 Å². The Morgan fingerprint density at radius 1 is 1.00 bits per heavy atom. The molecule has 0 spiro atoms. The summed E-state index contributed by atoms with van der Waals surface area (Å²) in [5.74, 6) is 0.922. The highest BCUT2D eigenvalue weighted by atomic mass is 79.9. The molecule has 0 amide bonds. The second kappa shape index (κ2) is 5.98. The average molecular weight is 425 g/mol. The number of hydrogen-bond acceptors (Lipinski definition) is 1. The van der Waals surface area contributed by atoms with Gasteiger partial charge in [-0.1, -0.05) is 50.7 Å². The largest absolute Gasteiger partial charge is 0.294 e. The molecule has 0 N–H and O–H groups in total. The SMILES string of the molecule is ClCc1nc2cc(Cl)c(Cl)cc2n1-c1ccc(Br)cc1Cl. The van der Waals surface area contributed by atoms with Crippen LogP contribution in [0.15, 0.2) is 34.8 Å². The third-order valence-electron chi connectivity index (χ3n) is 3.04. The summed E-state index contributed by atoms with van der Waals surface area (Å²) in [7, 11) is 0. The van der Waals surface area contributed by atoms with Gasteiger partial charge in [-0.25, -0.2) is 4.98 Å². The van der Waals surface area contributed by atoms with Crippen molar-refractivity contribution in [3.8, 4) is 5.69 Å². The highest BCUT2D eigenvalue weighted by molar-refractivity contribution is 9.10. The highest BCUT2D eigenvalue weighted by Crippen LogP contribution is 2.33. The molecule has 0 aliphatic carbocycles. The molecule has 0 fully saturated rings. The van der Waals surface area contributed by atoms with Gasteiger partial charge in [-0.3, -0.25) is 4.57 Å². The van der Waals surface area contributed by atoms with E-state index >= 15 is 0 Å². The van der Waals surface area contributed by atoms with Gasteiger partial charge in [0.2, 0.25) is 0 Å². The molecule has 21 heavy (non-hydrogen) atoms. The summed E-state index contributed by atoms with van der Waals surface area (Å²) in [6.07, 6.45) is 0. The van der Waals surface area contributed by atoms with Gasteiger partial charge < -0.3 is 0 Å². The number of aromatic nitrogens is 2. The van der Waals surface area contributed by atoms with E-state index in [2.05, 4.69) is 20.9 Å². The minimum absolute atomic E-state index is 0.246. The summed E-state index contributed by atoms with van der Waals surface area (Å²) in [5, 5.41) is 1.50. The van der Waals surface area contributed by atoms with Crippen LogP contribution in [0.5, 0.6) is 0 Å². The van der Waals surface area contributed by atoms with E-state index in [0.29, 0.717) is 20.9 Å². The van der Waals surface area contributed by atoms with E-state index in [1.54, 1.807) is 12.1 Å². The quantitative estimate of drug-likeness (QED) is 0.430. The summed E-state index contributed by atoms with van der Waals surface area (Å²) in [5.41, 5.74) is 2.32. The number of benzene rings is 2. The molecule has 0 unspecified atom stereocenters. The van der Waals surface area contributed by atoms with Crippen molar-refractivity contribution in [2.75, 3.05) is 0 Å². The van der Waals surface area contributed by atoms with E-state index < -0.39 is 0 Å². The Morgan fingerprint density at radius 2 is 1.71 bits per heavy atom. The van der Waals surface area contributed by atoms with Crippen LogP contribution in [-0.4, -0.2) is 9.55 Å². The minimum Gasteiger partial charge on any atom is -0.294 e. The van der Waals surface area contributed by atoms with Gasteiger partial charge in [0.15, 0.2) is 0 Å². The van der Waals surface area contributed by atoms with Crippen LogP contribution in [0.4, 0.5) is 0 Å². The fraction of sp³-hybridized carbons (Fsp3) is 0.0714. The third-order valence-corrected chi connectivity index (χ3v) is 4.79. The van der Waals surface area contributed by atoms with Crippen molar-refractivity contribution < 1.29 is 0 Å². The number of hydrogen-bond donors (Lipinski definition) is 0. The molecule has 0 saturated heterocycles. The van der Waals surface area contributed by atoms with E-state index in [1.165, 1.54) is 0 Å². The first kappa shape index (κ1) is 15.4. The summed E-state index contributed by atoms with van der Waals surface area (Å²) < 4.78 is 2.79. The average Bonchev–Trinajstić information content (AvgIpc) is 2.77. The van der Waals surface area contributed by atoms with Crippen molar-refractivity contribution >= 4 is 73.4 Å². The number of fused-ring (bicyclic) bond motifs is 1. The van der Waals surface area contributed by atoms with Gasteiger partial charge in [-0.05, 0) is 30.3 Å². The second-order valence-electron chi connectivity index (χ2n) is 4.35. The number of halogens is 5. The molecule has 1 aromatic heterocycles. The third kappa shape index (κ3) is 2.78. The summed E-state index contributed by atoms with van der Waals surface area (Å²) >= 11 is 27.9. The molecule has 2 nitrogen and oxygen atoms in total. The van der Waals surface area contributed by atoms with Gasteiger partial charge in [0, 0.05) is 4.47 Å². The van der Waals surface area contributed by atoms with Crippen molar-refractivity contribution in [2.24, 2.45) is 0 Å². The maximum absolute atomic E-state index is 6.34. The van der Waals surface area contributed by atoms with E-state index in [1.807, 2.05) is 22.8 Å². The first-order chi connectivity index (χ1) is 10.0. The predicted molar refractivity (Wildman–Crippen MR) is 93.4 cm³/mol. The monoisotopic (exact) mass is 422 g/mol. The van der Waals surface area contributed by atoms with Gasteiger partial charge >= 0.3 is 0 Å². The smallest absolute Gasteiger partial charge is 0.129 e. The van der Waals surface area contributed by atoms with Gasteiger partial charge in [0.25, 0.3) is 0 Å². The van der Waals surface area contributed by atoms with Crippen LogP contribution in [0.1, 0.15) is 5.82 Å². The zero-order valence-corrected chi connectivity index (χ0v) is 15.0. The van der Waals surface area contributed by atoms with Gasteiger partial charge in [-0.15, -0.1) is 11.6 Å². The first-order valence-electron chi connectivity index (χ1n) is 5.89. The van der Waals surface area contributed by atoms with Crippen LogP contribution in [0.2, 0.25) is 15.1 Å². The molecule has 0 aliphatic rings. The van der Waals surface area contributed by atoms with Crippen LogP contribution >= 0.6 is 62.3 Å². The Balaban J connectivity index is 2.37.